The molecule has 34 heavy (non-hydrogen) atoms. The lowest BCUT2D eigenvalue weighted by Gasteiger charge is -2.37. The maximum absolute atomic E-state index is 5.84. The van der Waals surface area contributed by atoms with Crippen LogP contribution in [-0.4, -0.2) is 33.8 Å². The van der Waals surface area contributed by atoms with Crippen LogP contribution >= 0.6 is 12.2 Å². The van der Waals surface area contributed by atoms with E-state index in [0.29, 0.717) is 22.7 Å². The average molecular weight is 477 g/mol. The van der Waals surface area contributed by atoms with Crippen molar-refractivity contribution in [3.05, 3.63) is 71.2 Å². The minimum Gasteiger partial charge on any atom is -0.497 e. The highest BCUT2D eigenvalue weighted by molar-refractivity contribution is 7.80. The molecule has 1 atom stereocenters. The molecule has 4 rings (SSSR count). The van der Waals surface area contributed by atoms with Gasteiger partial charge in [-0.2, -0.15) is 4.98 Å². The van der Waals surface area contributed by atoms with Crippen LogP contribution in [0.1, 0.15) is 57.2 Å². The minimum atomic E-state index is -0.204. The molecule has 6 nitrogen and oxygen atoms in total. The maximum Gasteiger partial charge on any atom is 0.258 e. The number of aromatic nitrogens is 2. The third-order valence-corrected chi connectivity index (χ3v) is 6.59. The maximum atomic E-state index is 5.84. The number of methoxy groups -OCH3 is 1. The Labute approximate surface area is 207 Å². The van der Waals surface area contributed by atoms with Crippen molar-refractivity contribution in [2.24, 2.45) is 5.92 Å². The zero-order valence-corrected chi connectivity index (χ0v) is 21.3. The molecule has 0 amide bonds. The van der Waals surface area contributed by atoms with Gasteiger partial charge in [-0.3, -0.25) is 0 Å². The summed E-state index contributed by atoms with van der Waals surface area (Å²) in [7, 11) is 1.66. The molecular weight excluding hydrogens is 444 g/mol. The van der Waals surface area contributed by atoms with Crippen molar-refractivity contribution in [1.82, 2.24) is 20.4 Å². The molecule has 2 aromatic carbocycles. The van der Waals surface area contributed by atoms with E-state index >= 15 is 0 Å². The van der Waals surface area contributed by atoms with Gasteiger partial charge in [0.2, 0.25) is 5.82 Å². The van der Waals surface area contributed by atoms with E-state index in [2.05, 4.69) is 55.2 Å². The first-order chi connectivity index (χ1) is 16.4. The molecule has 2 heterocycles. The number of hydrogen-bond donors (Lipinski definition) is 1. The number of nitrogens with one attached hydrogen (secondary N) is 1. The van der Waals surface area contributed by atoms with E-state index in [1.165, 1.54) is 5.56 Å². The van der Waals surface area contributed by atoms with E-state index < -0.39 is 0 Å². The lowest BCUT2D eigenvalue weighted by molar-refractivity contribution is 0.390. The molecule has 178 valence electrons. The van der Waals surface area contributed by atoms with Crippen LogP contribution in [0.4, 0.5) is 0 Å². The van der Waals surface area contributed by atoms with Gasteiger partial charge in [-0.1, -0.05) is 62.3 Å². The molecule has 0 radical (unpaired) electrons. The molecule has 1 aliphatic heterocycles. The largest absolute Gasteiger partial charge is 0.497 e. The van der Waals surface area contributed by atoms with E-state index in [1.807, 2.05) is 36.4 Å². The standard InChI is InChI=1S/C27H32N4O2S/c1-6-19-7-9-21(10-8-19)25-29-26(33-30-25)23-18(4)31(16-15-17(2)3)27(34)28-24(23)20-11-13-22(32-5)14-12-20/h7-14,17,24H,6,15-16H2,1-5H3,(H,28,34). The highest BCUT2D eigenvalue weighted by Crippen LogP contribution is 2.38. The second-order valence-corrected chi connectivity index (χ2v) is 9.35. The fourth-order valence-corrected chi connectivity index (χ4v) is 4.45. The summed E-state index contributed by atoms with van der Waals surface area (Å²) in [5, 5.41) is 8.53. The van der Waals surface area contributed by atoms with E-state index in [9.17, 15) is 0 Å². The van der Waals surface area contributed by atoms with Gasteiger partial charge < -0.3 is 19.5 Å². The molecule has 0 spiro atoms. The summed E-state index contributed by atoms with van der Waals surface area (Å²) in [5.74, 6) is 2.45. The van der Waals surface area contributed by atoms with Crippen molar-refractivity contribution in [3.63, 3.8) is 0 Å². The number of ether oxygens (including phenoxy) is 1. The van der Waals surface area contributed by atoms with Gasteiger partial charge in [0.05, 0.1) is 18.7 Å². The van der Waals surface area contributed by atoms with Crippen molar-refractivity contribution in [1.29, 1.82) is 0 Å². The van der Waals surface area contributed by atoms with Crippen LogP contribution in [0.3, 0.4) is 0 Å². The Morgan fingerprint density at radius 3 is 2.44 bits per heavy atom. The van der Waals surface area contributed by atoms with Crippen molar-refractivity contribution < 1.29 is 9.26 Å². The first-order valence-electron chi connectivity index (χ1n) is 11.8. The summed E-state index contributed by atoms with van der Waals surface area (Å²) in [4.78, 5) is 6.95. The van der Waals surface area contributed by atoms with Gasteiger partial charge in [0, 0.05) is 17.8 Å². The second-order valence-electron chi connectivity index (χ2n) is 8.96. The molecule has 0 saturated heterocycles. The Hall–Kier alpha value is -3.19. The Bertz CT molecular complexity index is 1170. The monoisotopic (exact) mass is 476 g/mol. The van der Waals surface area contributed by atoms with Crippen molar-refractivity contribution in [2.75, 3.05) is 13.7 Å². The van der Waals surface area contributed by atoms with Gasteiger partial charge in [-0.25, -0.2) is 0 Å². The topological polar surface area (TPSA) is 63.4 Å². The normalized spacial score (nSPS) is 16.2. The first-order valence-corrected chi connectivity index (χ1v) is 12.2. The summed E-state index contributed by atoms with van der Waals surface area (Å²) < 4.78 is 11.2. The summed E-state index contributed by atoms with van der Waals surface area (Å²) in [5.41, 5.74) is 5.22. The molecule has 0 fully saturated rings. The molecule has 1 aromatic heterocycles. The summed E-state index contributed by atoms with van der Waals surface area (Å²) in [6.07, 6.45) is 2.02. The van der Waals surface area contributed by atoms with Crippen molar-refractivity contribution >= 4 is 22.9 Å². The number of rotatable bonds is 8. The molecule has 3 aromatic rings. The van der Waals surface area contributed by atoms with Crippen LogP contribution in [0.5, 0.6) is 5.75 Å². The molecule has 0 bridgehead atoms. The fraction of sp³-hybridized carbons (Fsp3) is 0.370. The quantitative estimate of drug-likeness (QED) is 0.399. The third-order valence-electron chi connectivity index (χ3n) is 6.25. The van der Waals surface area contributed by atoms with Crippen LogP contribution in [-0.2, 0) is 6.42 Å². The van der Waals surface area contributed by atoms with Crippen molar-refractivity contribution in [2.45, 2.75) is 46.6 Å². The van der Waals surface area contributed by atoms with Crippen LogP contribution in [0.2, 0.25) is 0 Å². The van der Waals surface area contributed by atoms with E-state index in [0.717, 1.165) is 47.5 Å². The summed E-state index contributed by atoms with van der Waals surface area (Å²) in [6, 6.07) is 16.1. The van der Waals surface area contributed by atoms with Crippen LogP contribution in [0, 0.1) is 5.92 Å². The predicted octanol–water partition coefficient (Wildman–Crippen LogP) is 6.02. The third kappa shape index (κ3) is 4.99. The Morgan fingerprint density at radius 2 is 1.82 bits per heavy atom. The zero-order chi connectivity index (χ0) is 24.2. The molecule has 1 unspecified atom stereocenters. The fourth-order valence-electron chi connectivity index (χ4n) is 4.10. The Morgan fingerprint density at radius 1 is 1.12 bits per heavy atom. The predicted molar refractivity (Wildman–Crippen MR) is 139 cm³/mol. The van der Waals surface area contributed by atoms with Gasteiger partial charge in [0.25, 0.3) is 5.89 Å². The summed E-state index contributed by atoms with van der Waals surface area (Å²) in [6.45, 7) is 9.48. The lowest BCUT2D eigenvalue weighted by atomic mass is 9.94. The van der Waals surface area contributed by atoms with Gasteiger partial charge in [-0.05, 0) is 61.2 Å². The highest BCUT2D eigenvalue weighted by atomic mass is 32.1. The van der Waals surface area contributed by atoms with Gasteiger partial charge in [0.15, 0.2) is 5.11 Å². The highest BCUT2D eigenvalue weighted by Gasteiger charge is 2.34. The Kier molecular flexibility index (Phi) is 7.32. The number of allylic oxidation sites excluding steroid dienone is 1. The number of benzene rings is 2. The number of aryl methyl sites for hydroxylation is 1. The van der Waals surface area contributed by atoms with E-state index in [-0.39, 0.29) is 6.04 Å². The number of hydrogen-bond acceptors (Lipinski definition) is 5. The molecule has 0 aliphatic carbocycles. The molecule has 7 heteroatoms. The second kappa shape index (κ2) is 10.4. The average Bonchev–Trinajstić information content (AvgIpc) is 3.33. The SMILES string of the molecule is CCc1ccc(-c2noc(C3=C(C)N(CCC(C)C)C(=S)NC3c3ccc(OC)cc3)n2)cc1. The van der Waals surface area contributed by atoms with E-state index in [4.69, 9.17) is 26.5 Å². The molecule has 1 aliphatic rings. The summed E-state index contributed by atoms with van der Waals surface area (Å²) >= 11 is 5.78. The van der Waals surface area contributed by atoms with Crippen LogP contribution in [0.25, 0.3) is 17.0 Å². The van der Waals surface area contributed by atoms with Crippen molar-refractivity contribution in [3.8, 4) is 17.1 Å². The first kappa shape index (κ1) is 24.0. The van der Waals surface area contributed by atoms with Gasteiger partial charge >= 0.3 is 0 Å². The van der Waals surface area contributed by atoms with Crippen LogP contribution in [0.15, 0.2) is 58.8 Å². The zero-order valence-electron chi connectivity index (χ0n) is 20.5. The van der Waals surface area contributed by atoms with Gasteiger partial charge in [-0.15, -0.1) is 0 Å². The molecule has 0 saturated carbocycles. The molecular formula is C27H32N4O2S. The van der Waals surface area contributed by atoms with E-state index in [1.54, 1.807) is 7.11 Å². The molecule has 1 N–H and O–H groups in total. The smallest absolute Gasteiger partial charge is 0.258 e. The Balaban J connectivity index is 1.75. The minimum absolute atomic E-state index is 0.204. The lowest BCUT2D eigenvalue weighted by Crippen LogP contribution is -2.46. The van der Waals surface area contributed by atoms with Gasteiger partial charge in [0.1, 0.15) is 5.75 Å². The number of nitrogens with zero attached hydrogens (tertiary/aromatic N) is 3. The number of thiocarbonyl (C=S) groups is 1. The van der Waals surface area contributed by atoms with Crippen LogP contribution < -0.4 is 10.1 Å².